The maximum atomic E-state index is 12.6. The number of urea groups is 1. The summed E-state index contributed by atoms with van der Waals surface area (Å²) in [5.41, 5.74) is 0.728. The molecule has 1 saturated heterocycles. The molecule has 28 heavy (non-hydrogen) atoms. The number of benzene rings is 1. The maximum Gasteiger partial charge on any atom is 0.325 e. The number of carbonyl (C=O) groups excluding carboxylic acids is 3. The molecule has 1 aromatic carbocycles. The molecular formula is C19H20N4O4S. The second-order valence-electron chi connectivity index (χ2n) is 7.11. The molecule has 0 bridgehead atoms. The maximum absolute atomic E-state index is 12.6. The number of hydrogen-bond acceptors (Lipinski definition) is 6. The summed E-state index contributed by atoms with van der Waals surface area (Å²) < 4.78 is 5.14. The Morgan fingerprint density at radius 3 is 2.71 bits per heavy atom. The first-order chi connectivity index (χ1) is 13.4. The fraction of sp³-hybridized carbons (Fsp3) is 0.368. The van der Waals surface area contributed by atoms with Gasteiger partial charge in [0, 0.05) is 10.9 Å². The van der Waals surface area contributed by atoms with Crippen molar-refractivity contribution in [2.45, 2.75) is 25.3 Å². The first-order valence-corrected chi connectivity index (χ1v) is 9.82. The Hall–Kier alpha value is -2.94. The summed E-state index contributed by atoms with van der Waals surface area (Å²) in [4.78, 5) is 42.5. The minimum Gasteiger partial charge on any atom is -0.497 e. The van der Waals surface area contributed by atoms with Crippen molar-refractivity contribution >= 4 is 34.3 Å². The Morgan fingerprint density at radius 2 is 2.07 bits per heavy atom. The average Bonchev–Trinajstić information content (AvgIpc) is 3.41. The van der Waals surface area contributed by atoms with Crippen LogP contribution in [0.5, 0.6) is 5.75 Å². The van der Waals surface area contributed by atoms with Gasteiger partial charge in [0.15, 0.2) is 5.13 Å². The molecule has 1 aliphatic carbocycles. The first kappa shape index (κ1) is 18.4. The average molecular weight is 400 g/mol. The number of carbonyl (C=O) groups is 3. The summed E-state index contributed by atoms with van der Waals surface area (Å²) in [7, 11) is 1.60. The molecule has 2 fully saturated rings. The molecule has 4 rings (SSSR count). The van der Waals surface area contributed by atoms with Crippen molar-refractivity contribution in [2.24, 2.45) is 5.92 Å². The van der Waals surface area contributed by atoms with Gasteiger partial charge < -0.3 is 15.4 Å². The van der Waals surface area contributed by atoms with Crippen molar-refractivity contribution in [1.29, 1.82) is 0 Å². The van der Waals surface area contributed by atoms with Crippen molar-refractivity contribution in [1.82, 2.24) is 15.2 Å². The van der Waals surface area contributed by atoms with Gasteiger partial charge in [0.05, 0.1) is 12.8 Å². The SMILES string of the molecule is COc1ccc(-c2csc(NC(=O)CN3C(=O)N[C@](C)(C4CC4)C3=O)n2)cc1. The van der Waals surface area contributed by atoms with Gasteiger partial charge in [-0.15, -0.1) is 11.3 Å². The molecule has 146 valence electrons. The van der Waals surface area contributed by atoms with E-state index in [1.165, 1.54) is 11.3 Å². The molecular weight excluding hydrogens is 380 g/mol. The lowest BCUT2D eigenvalue weighted by atomic mass is 9.96. The van der Waals surface area contributed by atoms with E-state index in [0.29, 0.717) is 5.13 Å². The molecule has 4 amide bonds. The number of thiazole rings is 1. The normalized spacial score (nSPS) is 21.6. The van der Waals surface area contributed by atoms with E-state index < -0.39 is 17.5 Å². The molecule has 0 spiro atoms. The van der Waals surface area contributed by atoms with Crippen LogP contribution < -0.4 is 15.4 Å². The van der Waals surface area contributed by atoms with Crippen LogP contribution in [0.3, 0.4) is 0 Å². The number of methoxy groups -OCH3 is 1. The first-order valence-electron chi connectivity index (χ1n) is 8.94. The highest BCUT2D eigenvalue weighted by molar-refractivity contribution is 7.14. The zero-order valence-corrected chi connectivity index (χ0v) is 16.3. The fourth-order valence-electron chi connectivity index (χ4n) is 3.32. The Balaban J connectivity index is 1.39. The summed E-state index contributed by atoms with van der Waals surface area (Å²) in [5, 5.41) is 7.63. The molecule has 2 aromatic rings. The van der Waals surface area contributed by atoms with E-state index in [-0.39, 0.29) is 18.4 Å². The van der Waals surface area contributed by atoms with Crippen molar-refractivity contribution in [3.63, 3.8) is 0 Å². The summed E-state index contributed by atoms with van der Waals surface area (Å²) in [6, 6.07) is 6.91. The summed E-state index contributed by atoms with van der Waals surface area (Å²) in [6.45, 7) is 1.40. The minimum absolute atomic E-state index is 0.156. The largest absolute Gasteiger partial charge is 0.497 e. The fourth-order valence-corrected chi connectivity index (χ4v) is 4.06. The van der Waals surface area contributed by atoms with Crippen LogP contribution in [-0.2, 0) is 9.59 Å². The van der Waals surface area contributed by atoms with Crippen LogP contribution in [0.15, 0.2) is 29.6 Å². The lowest BCUT2D eigenvalue weighted by Gasteiger charge is -2.20. The third kappa shape index (κ3) is 3.33. The Bertz CT molecular complexity index is 938. The molecule has 2 N–H and O–H groups in total. The third-order valence-corrected chi connectivity index (χ3v) is 5.89. The van der Waals surface area contributed by atoms with E-state index in [9.17, 15) is 14.4 Å². The Labute approximate surface area is 165 Å². The van der Waals surface area contributed by atoms with Gasteiger partial charge in [0.2, 0.25) is 5.91 Å². The van der Waals surface area contributed by atoms with E-state index in [0.717, 1.165) is 34.7 Å². The number of nitrogens with zero attached hydrogens (tertiary/aromatic N) is 2. The van der Waals surface area contributed by atoms with Gasteiger partial charge in [-0.1, -0.05) is 0 Å². The van der Waals surface area contributed by atoms with E-state index in [1.54, 1.807) is 14.0 Å². The highest BCUT2D eigenvalue weighted by Crippen LogP contribution is 2.42. The molecule has 1 aliphatic heterocycles. The van der Waals surface area contributed by atoms with Gasteiger partial charge >= 0.3 is 6.03 Å². The van der Waals surface area contributed by atoms with Crippen molar-refractivity contribution in [3.8, 4) is 17.0 Å². The second kappa shape index (κ2) is 6.90. The standard InChI is InChI=1S/C19H20N4O4S/c1-19(12-5-6-12)16(25)23(18(26)22-19)9-15(24)21-17-20-14(10-28-17)11-3-7-13(27-2)8-4-11/h3-4,7-8,10,12H,5-6,9H2,1-2H3,(H,22,26)(H,20,21,24)/t19-/m1/s1. The van der Waals surface area contributed by atoms with Crippen molar-refractivity contribution in [3.05, 3.63) is 29.6 Å². The number of amides is 4. The van der Waals surface area contributed by atoms with Gasteiger partial charge in [0.25, 0.3) is 5.91 Å². The molecule has 2 aliphatic rings. The highest BCUT2D eigenvalue weighted by Gasteiger charge is 2.56. The number of imide groups is 1. The van der Waals surface area contributed by atoms with Crippen LogP contribution >= 0.6 is 11.3 Å². The van der Waals surface area contributed by atoms with Crippen LogP contribution in [0.4, 0.5) is 9.93 Å². The van der Waals surface area contributed by atoms with E-state index in [2.05, 4.69) is 15.6 Å². The van der Waals surface area contributed by atoms with Crippen LogP contribution in [0.1, 0.15) is 19.8 Å². The number of ether oxygens (including phenoxy) is 1. The Morgan fingerprint density at radius 1 is 1.36 bits per heavy atom. The van der Waals surface area contributed by atoms with Crippen LogP contribution in [-0.4, -0.2) is 46.9 Å². The summed E-state index contributed by atoms with van der Waals surface area (Å²) in [6.07, 6.45) is 1.83. The van der Waals surface area contributed by atoms with E-state index >= 15 is 0 Å². The minimum atomic E-state index is -0.889. The lowest BCUT2D eigenvalue weighted by Crippen LogP contribution is -2.46. The van der Waals surface area contributed by atoms with Crippen molar-refractivity contribution in [2.75, 3.05) is 19.0 Å². The summed E-state index contributed by atoms with van der Waals surface area (Å²) >= 11 is 1.28. The lowest BCUT2D eigenvalue weighted by molar-refractivity contribution is -0.134. The summed E-state index contributed by atoms with van der Waals surface area (Å²) in [5.74, 6) is 0.106. The molecule has 0 unspecified atom stereocenters. The molecule has 0 radical (unpaired) electrons. The number of aromatic nitrogens is 1. The number of anilines is 1. The van der Waals surface area contributed by atoms with Gasteiger partial charge in [-0.05, 0) is 49.9 Å². The van der Waals surface area contributed by atoms with Gasteiger partial charge in [-0.3, -0.25) is 14.5 Å². The highest BCUT2D eigenvalue weighted by atomic mass is 32.1. The van der Waals surface area contributed by atoms with Gasteiger partial charge in [-0.25, -0.2) is 9.78 Å². The zero-order valence-electron chi connectivity index (χ0n) is 15.5. The molecule has 8 nitrogen and oxygen atoms in total. The monoisotopic (exact) mass is 400 g/mol. The molecule has 9 heteroatoms. The van der Waals surface area contributed by atoms with E-state index in [4.69, 9.17) is 4.74 Å². The van der Waals surface area contributed by atoms with Crippen LogP contribution in [0, 0.1) is 5.92 Å². The predicted octanol–water partition coefficient (Wildman–Crippen LogP) is 2.48. The Kier molecular flexibility index (Phi) is 4.54. The molecule has 1 atom stereocenters. The quantitative estimate of drug-likeness (QED) is 0.726. The number of nitrogens with one attached hydrogen (secondary N) is 2. The molecule has 2 heterocycles. The van der Waals surface area contributed by atoms with E-state index in [1.807, 2.05) is 29.6 Å². The van der Waals surface area contributed by atoms with Crippen molar-refractivity contribution < 1.29 is 19.1 Å². The second-order valence-corrected chi connectivity index (χ2v) is 7.97. The number of hydrogen-bond donors (Lipinski definition) is 2. The molecule has 1 aromatic heterocycles. The number of rotatable bonds is 6. The smallest absolute Gasteiger partial charge is 0.325 e. The van der Waals surface area contributed by atoms with Gasteiger partial charge in [0.1, 0.15) is 17.8 Å². The predicted molar refractivity (Wildman–Crippen MR) is 104 cm³/mol. The van der Waals surface area contributed by atoms with Crippen LogP contribution in [0.25, 0.3) is 11.3 Å². The molecule has 1 saturated carbocycles. The van der Waals surface area contributed by atoms with Crippen LogP contribution in [0.2, 0.25) is 0 Å². The topological polar surface area (TPSA) is 101 Å². The zero-order chi connectivity index (χ0) is 19.9. The van der Waals surface area contributed by atoms with Gasteiger partial charge in [-0.2, -0.15) is 0 Å². The third-order valence-electron chi connectivity index (χ3n) is 5.13.